The number of amides is 1. The molecular formula is C17H27N3O6S2. The molecule has 1 amide bonds. The zero-order chi connectivity index (χ0) is 21.1. The van der Waals surface area contributed by atoms with Crippen LogP contribution >= 0.6 is 0 Å². The molecule has 1 unspecified atom stereocenters. The Morgan fingerprint density at radius 1 is 1.32 bits per heavy atom. The number of hydrogen-bond acceptors (Lipinski definition) is 7. The van der Waals surface area contributed by atoms with Crippen molar-refractivity contribution in [3.8, 4) is 5.75 Å². The van der Waals surface area contributed by atoms with E-state index < -0.39 is 31.9 Å². The maximum Gasteiger partial charge on any atom is 0.244 e. The summed E-state index contributed by atoms with van der Waals surface area (Å²) in [5.41, 5.74) is -0.00790. The molecule has 1 heterocycles. The van der Waals surface area contributed by atoms with Crippen LogP contribution in [0.3, 0.4) is 0 Å². The van der Waals surface area contributed by atoms with Crippen molar-refractivity contribution >= 4 is 31.6 Å². The highest BCUT2D eigenvalue weighted by Gasteiger charge is 2.42. The largest absolute Gasteiger partial charge is 0.492 e. The zero-order valence-corrected chi connectivity index (χ0v) is 18.1. The van der Waals surface area contributed by atoms with Crippen LogP contribution in [0.15, 0.2) is 23.1 Å². The predicted molar refractivity (Wildman–Crippen MR) is 106 cm³/mol. The number of anilines is 1. The van der Waals surface area contributed by atoms with E-state index in [1.807, 2.05) is 19.0 Å². The van der Waals surface area contributed by atoms with E-state index in [0.717, 1.165) is 0 Å². The van der Waals surface area contributed by atoms with Gasteiger partial charge in [0, 0.05) is 6.54 Å². The van der Waals surface area contributed by atoms with E-state index in [2.05, 4.69) is 4.72 Å². The molecule has 1 N–H and O–H groups in total. The molecule has 2 rings (SSSR count). The molecule has 0 saturated carbocycles. The quantitative estimate of drug-likeness (QED) is 0.568. The molecule has 158 valence electrons. The maximum atomic E-state index is 12.8. The number of rotatable bonds is 9. The summed E-state index contributed by atoms with van der Waals surface area (Å²) in [6.45, 7) is 4.40. The van der Waals surface area contributed by atoms with Crippen molar-refractivity contribution in [1.29, 1.82) is 0 Å². The van der Waals surface area contributed by atoms with Gasteiger partial charge in [-0.2, -0.15) is 0 Å². The van der Waals surface area contributed by atoms with Crippen LogP contribution in [0.5, 0.6) is 5.75 Å². The lowest BCUT2D eigenvalue weighted by Crippen LogP contribution is -2.31. The lowest BCUT2D eigenvalue weighted by atomic mass is 10.2. The van der Waals surface area contributed by atoms with Gasteiger partial charge in [-0.25, -0.2) is 25.9 Å². The summed E-state index contributed by atoms with van der Waals surface area (Å²) >= 11 is 0. The minimum atomic E-state index is -3.96. The third-order valence-electron chi connectivity index (χ3n) is 4.19. The topological polar surface area (TPSA) is 113 Å². The molecule has 1 aromatic rings. The monoisotopic (exact) mass is 433 g/mol. The van der Waals surface area contributed by atoms with Crippen molar-refractivity contribution in [3.63, 3.8) is 0 Å². The summed E-state index contributed by atoms with van der Waals surface area (Å²) in [5.74, 6) is -1.46. The molecule has 9 nitrogen and oxygen atoms in total. The summed E-state index contributed by atoms with van der Waals surface area (Å²) in [6.07, 6.45) is 0.604. The molecule has 1 fully saturated rings. The minimum absolute atomic E-state index is 0.00790. The van der Waals surface area contributed by atoms with Gasteiger partial charge in [-0.15, -0.1) is 0 Å². The van der Waals surface area contributed by atoms with Gasteiger partial charge in [0.05, 0.1) is 24.0 Å². The Bertz CT molecular complexity index is 928. The van der Waals surface area contributed by atoms with Crippen LogP contribution in [0.25, 0.3) is 0 Å². The fraction of sp³-hybridized carbons (Fsp3) is 0.588. The highest BCUT2D eigenvalue weighted by atomic mass is 32.2. The lowest BCUT2D eigenvalue weighted by Gasteiger charge is -2.18. The molecule has 1 aliphatic heterocycles. The number of ether oxygens (including phenoxy) is 1. The van der Waals surface area contributed by atoms with E-state index >= 15 is 0 Å². The van der Waals surface area contributed by atoms with E-state index in [4.69, 9.17) is 4.74 Å². The van der Waals surface area contributed by atoms with Gasteiger partial charge in [-0.3, -0.25) is 4.79 Å². The van der Waals surface area contributed by atoms with Crippen LogP contribution in [0.1, 0.15) is 20.3 Å². The van der Waals surface area contributed by atoms with E-state index in [1.165, 1.54) is 25.1 Å². The molecule has 1 aromatic carbocycles. The summed E-state index contributed by atoms with van der Waals surface area (Å²) < 4.78 is 58.8. The molecule has 0 aliphatic carbocycles. The van der Waals surface area contributed by atoms with Gasteiger partial charge in [0.25, 0.3) is 0 Å². The first kappa shape index (κ1) is 22.6. The summed E-state index contributed by atoms with van der Waals surface area (Å²) in [7, 11) is -4.01. The Kier molecular flexibility index (Phi) is 7.07. The molecule has 1 saturated heterocycles. The van der Waals surface area contributed by atoms with Gasteiger partial charge in [0.2, 0.25) is 26.0 Å². The van der Waals surface area contributed by atoms with Gasteiger partial charge < -0.3 is 9.64 Å². The average molecular weight is 434 g/mol. The predicted octanol–water partition coefficient (Wildman–Crippen LogP) is 0.628. The van der Waals surface area contributed by atoms with E-state index in [-0.39, 0.29) is 35.2 Å². The van der Waals surface area contributed by atoms with Crippen LogP contribution in [0, 0.1) is 5.92 Å². The number of benzene rings is 1. The molecule has 0 bridgehead atoms. The molecular weight excluding hydrogens is 406 g/mol. The highest BCUT2D eigenvalue weighted by molar-refractivity contribution is 7.94. The van der Waals surface area contributed by atoms with E-state index in [0.29, 0.717) is 17.3 Å². The smallest absolute Gasteiger partial charge is 0.244 e. The second-order valence-corrected chi connectivity index (χ2v) is 10.5. The standard InChI is InChI=1S/C17H27N3O6S2/c1-5-26-15-8-7-14(20-17(21)13(2)12-27(20,22)23)11-16(15)28(24,25)18-9-6-10-19(3)4/h7-8,11,13,18H,5-6,9-10,12H2,1-4H3. The summed E-state index contributed by atoms with van der Waals surface area (Å²) in [5, 5.41) is 0. The first-order valence-electron chi connectivity index (χ1n) is 8.97. The van der Waals surface area contributed by atoms with E-state index in [9.17, 15) is 21.6 Å². The number of nitrogens with one attached hydrogen (secondary N) is 1. The molecule has 1 aliphatic rings. The first-order valence-corrected chi connectivity index (χ1v) is 12.1. The fourth-order valence-electron chi connectivity index (χ4n) is 2.87. The van der Waals surface area contributed by atoms with Crippen LogP contribution in [-0.2, 0) is 24.8 Å². The van der Waals surface area contributed by atoms with Crippen molar-refractivity contribution in [2.75, 3.05) is 43.8 Å². The SMILES string of the molecule is CCOc1ccc(N2C(=O)C(C)CS2(=O)=O)cc1S(=O)(=O)NCCCN(C)C. The van der Waals surface area contributed by atoms with Gasteiger partial charge in [0.1, 0.15) is 10.6 Å². The van der Waals surface area contributed by atoms with Crippen LogP contribution < -0.4 is 13.8 Å². The van der Waals surface area contributed by atoms with Crippen LogP contribution in [0.2, 0.25) is 0 Å². The second kappa shape index (κ2) is 8.76. The zero-order valence-electron chi connectivity index (χ0n) is 16.5. The molecule has 28 heavy (non-hydrogen) atoms. The maximum absolute atomic E-state index is 12.8. The van der Waals surface area contributed by atoms with Crippen molar-refractivity contribution in [2.24, 2.45) is 5.92 Å². The first-order chi connectivity index (χ1) is 13.0. The fourth-order valence-corrected chi connectivity index (χ4v) is 5.92. The second-order valence-electron chi connectivity index (χ2n) is 6.90. The van der Waals surface area contributed by atoms with Crippen LogP contribution in [-0.4, -0.2) is 67.2 Å². The Balaban J connectivity index is 2.39. The van der Waals surface area contributed by atoms with E-state index in [1.54, 1.807) is 6.92 Å². The summed E-state index contributed by atoms with van der Waals surface area (Å²) in [4.78, 5) is 14.1. The van der Waals surface area contributed by atoms with Crippen molar-refractivity contribution in [1.82, 2.24) is 9.62 Å². The number of sulfonamides is 2. The minimum Gasteiger partial charge on any atom is -0.492 e. The lowest BCUT2D eigenvalue weighted by molar-refractivity contribution is -0.119. The average Bonchev–Trinajstić information content (AvgIpc) is 2.79. The number of hydrogen-bond donors (Lipinski definition) is 1. The van der Waals surface area contributed by atoms with Gasteiger partial charge >= 0.3 is 0 Å². The van der Waals surface area contributed by atoms with Crippen molar-refractivity contribution in [3.05, 3.63) is 18.2 Å². The van der Waals surface area contributed by atoms with Gasteiger partial charge in [-0.1, -0.05) is 6.92 Å². The highest BCUT2D eigenvalue weighted by Crippen LogP contribution is 2.34. The van der Waals surface area contributed by atoms with Crippen molar-refractivity contribution in [2.45, 2.75) is 25.2 Å². The molecule has 0 aromatic heterocycles. The van der Waals surface area contributed by atoms with Crippen LogP contribution in [0.4, 0.5) is 5.69 Å². The van der Waals surface area contributed by atoms with Gasteiger partial charge in [0.15, 0.2) is 0 Å². The Hall–Kier alpha value is -1.69. The Morgan fingerprint density at radius 2 is 2.00 bits per heavy atom. The Labute approximate surface area is 166 Å². The molecule has 1 atom stereocenters. The Morgan fingerprint density at radius 3 is 2.54 bits per heavy atom. The third-order valence-corrected chi connectivity index (χ3v) is 7.54. The van der Waals surface area contributed by atoms with Gasteiger partial charge in [-0.05, 0) is 52.2 Å². The normalized spacial score (nSPS) is 19.4. The molecule has 0 spiro atoms. The number of carbonyl (C=O) groups is 1. The summed E-state index contributed by atoms with van der Waals surface area (Å²) in [6, 6.07) is 3.93. The number of nitrogens with zero attached hydrogens (tertiary/aromatic N) is 2. The number of carbonyl (C=O) groups excluding carboxylic acids is 1. The van der Waals surface area contributed by atoms with Crippen molar-refractivity contribution < 1.29 is 26.4 Å². The molecule has 11 heteroatoms. The molecule has 0 radical (unpaired) electrons. The third kappa shape index (κ3) is 5.02.